The van der Waals surface area contributed by atoms with Crippen LogP contribution < -0.4 is 10.2 Å². The van der Waals surface area contributed by atoms with Gasteiger partial charge in [0.15, 0.2) is 0 Å². The van der Waals surface area contributed by atoms with Gasteiger partial charge < -0.3 is 10.2 Å². The van der Waals surface area contributed by atoms with Gasteiger partial charge >= 0.3 is 0 Å². The fraction of sp³-hybridized carbons (Fsp3) is 0.600. The van der Waals surface area contributed by atoms with Gasteiger partial charge in [-0.05, 0) is 25.4 Å². The minimum atomic E-state index is -0.0940. The summed E-state index contributed by atoms with van der Waals surface area (Å²) in [5, 5.41) is 11.8. The SMILES string of the molecule is CCN(CC(C)C#N)c1nc(Cl)nc(NC)n1. The van der Waals surface area contributed by atoms with E-state index in [4.69, 9.17) is 16.9 Å². The summed E-state index contributed by atoms with van der Waals surface area (Å²) < 4.78 is 0. The molecule has 0 bridgehead atoms. The molecule has 1 N–H and O–H groups in total. The van der Waals surface area contributed by atoms with E-state index in [1.807, 2.05) is 18.7 Å². The van der Waals surface area contributed by atoms with Crippen LogP contribution in [0.5, 0.6) is 0 Å². The van der Waals surface area contributed by atoms with Gasteiger partial charge in [0.2, 0.25) is 17.2 Å². The first-order chi connectivity index (χ1) is 8.10. The Morgan fingerprint density at radius 2 is 2.18 bits per heavy atom. The summed E-state index contributed by atoms with van der Waals surface area (Å²) in [7, 11) is 1.71. The molecular weight excluding hydrogens is 240 g/mol. The molecule has 92 valence electrons. The number of hydrogen-bond acceptors (Lipinski definition) is 6. The van der Waals surface area contributed by atoms with Crippen molar-refractivity contribution in [1.29, 1.82) is 5.26 Å². The van der Waals surface area contributed by atoms with Crippen LogP contribution in [0.15, 0.2) is 0 Å². The summed E-state index contributed by atoms with van der Waals surface area (Å²) >= 11 is 5.81. The maximum Gasteiger partial charge on any atom is 0.231 e. The Balaban J connectivity index is 2.95. The van der Waals surface area contributed by atoms with E-state index < -0.39 is 0 Å². The Hall–Kier alpha value is -1.61. The van der Waals surface area contributed by atoms with Crippen LogP contribution in [0.1, 0.15) is 13.8 Å². The molecule has 6 nitrogen and oxygen atoms in total. The lowest BCUT2D eigenvalue weighted by atomic mass is 10.2. The average Bonchev–Trinajstić information content (AvgIpc) is 2.34. The molecule has 1 heterocycles. The highest BCUT2D eigenvalue weighted by Crippen LogP contribution is 2.14. The average molecular weight is 255 g/mol. The number of nitrogens with one attached hydrogen (secondary N) is 1. The summed E-state index contributed by atoms with van der Waals surface area (Å²) in [6.45, 7) is 5.09. The number of rotatable bonds is 5. The van der Waals surface area contributed by atoms with Crippen LogP contribution in [0.3, 0.4) is 0 Å². The molecule has 1 unspecified atom stereocenters. The number of nitriles is 1. The Labute approximate surface area is 106 Å². The van der Waals surface area contributed by atoms with Crippen LogP contribution >= 0.6 is 11.6 Å². The lowest BCUT2D eigenvalue weighted by Crippen LogP contribution is -2.29. The Kier molecular flexibility index (Phi) is 4.91. The summed E-state index contributed by atoms with van der Waals surface area (Å²) in [5.74, 6) is 0.811. The molecule has 1 aromatic rings. The van der Waals surface area contributed by atoms with Gasteiger partial charge in [-0.2, -0.15) is 20.2 Å². The van der Waals surface area contributed by atoms with E-state index in [-0.39, 0.29) is 11.2 Å². The van der Waals surface area contributed by atoms with Crippen LogP contribution in [0.2, 0.25) is 5.28 Å². The molecular formula is C10H15ClN6. The van der Waals surface area contributed by atoms with Crippen molar-refractivity contribution in [3.8, 4) is 6.07 Å². The minimum absolute atomic E-state index is 0.0940. The third-order valence-electron chi connectivity index (χ3n) is 2.20. The van der Waals surface area contributed by atoms with Crippen molar-refractivity contribution in [2.45, 2.75) is 13.8 Å². The van der Waals surface area contributed by atoms with E-state index >= 15 is 0 Å². The van der Waals surface area contributed by atoms with Crippen LogP contribution in [-0.2, 0) is 0 Å². The summed E-state index contributed by atoms with van der Waals surface area (Å²) in [6.07, 6.45) is 0. The number of aromatic nitrogens is 3. The second kappa shape index (κ2) is 6.21. The van der Waals surface area contributed by atoms with E-state index in [9.17, 15) is 0 Å². The van der Waals surface area contributed by atoms with Crippen LogP contribution in [0, 0.1) is 17.2 Å². The van der Waals surface area contributed by atoms with Gasteiger partial charge in [-0.25, -0.2) is 0 Å². The molecule has 0 amide bonds. The highest BCUT2D eigenvalue weighted by atomic mass is 35.5. The van der Waals surface area contributed by atoms with E-state index in [0.717, 1.165) is 0 Å². The zero-order valence-electron chi connectivity index (χ0n) is 10.1. The molecule has 0 aliphatic carbocycles. The molecule has 1 aromatic heterocycles. The predicted octanol–water partition coefficient (Wildman–Crippen LogP) is 1.55. The van der Waals surface area contributed by atoms with Crippen molar-refractivity contribution in [3.05, 3.63) is 5.28 Å². The monoisotopic (exact) mass is 254 g/mol. The van der Waals surface area contributed by atoms with Crippen molar-refractivity contribution in [3.63, 3.8) is 0 Å². The highest BCUT2D eigenvalue weighted by Gasteiger charge is 2.13. The number of hydrogen-bond donors (Lipinski definition) is 1. The number of anilines is 2. The summed E-state index contributed by atoms with van der Waals surface area (Å²) in [6, 6.07) is 2.18. The molecule has 0 aliphatic rings. The van der Waals surface area contributed by atoms with E-state index in [2.05, 4.69) is 26.3 Å². The molecule has 0 saturated carbocycles. The molecule has 1 atom stereocenters. The molecule has 0 aliphatic heterocycles. The smallest absolute Gasteiger partial charge is 0.231 e. The van der Waals surface area contributed by atoms with Gasteiger partial charge in [0.1, 0.15) is 0 Å². The van der Waals surface area contributed by atoms with Gasteiger partial charge in [0.25, 0.3) is 0 Å². The van der Waals surface area contributed by atoms with Crippen molar-refractivity contribution in [2.75, 3.05) is 30.4 Å². The molecule has 0 saturated heterocycles. The van der Waals surface area contributed by atoms with Gasteiger partial charge in [0.05, 0.1) is 12.0 Å². The first-order valence-electron chi connectivity index (χ1n) is 5.34. The van der Waals surface area contributed by atoms with Crippen molar-refractivity contribution < 1.29 is 0 Å². The number of nitrogens with zero attached hydrogens (tertiary/aromatic N) is 5. The predicted molar refractivity (Wildman–Crippen MR) is 67.0 cm³/mol. The molecule has 0 radical (unpaired) electrons. The quantitative estimate of drug-likeness (QED) is 0.859. The zero-order chi connectivity index (χ0) is 12.8. The molecule has 0 aromatic carbocycles. The fourth-order valence-corrected chi connectivity index (χ4v) is 1.47. The standard InChI is InChI=1S/C10H15ClN6/c1-4-17(6-7(2)5-12)10-15-8(11)14-9(13-3)16-10/h7H,4,6H2,1-3H3,(H,13,14,15,16). The van der Waals surface area contributed by atoms with E-state index in [0.29, 0.717) is 25.0 Å². The summed E-state index contributed by atoms with van der Waals surface area (Å²) in [5.41, 5.74) is 0. The third-order valence-corrected chi connectivity index (χ3v) is 2.37. The van der Waals surface area contributed by atoms with E-state index in [1.54, 1.807) is 7.05 Å². The molecule has 0 fully saturated rings. The Morgan fingerprint density at radius 3 is 2.71 bits per heavy atom. The molecule has 0 spiro atoms. The lowest BCUT2D eigenvalue weighted by Gasteiger charge is -2.21. The second-order valence-electron chi connectivity index (χ2n) is 3.55. The van der Waals surface area contributed by atoms with Crippen molar-refractivity contribution in [1.82, 2.24) is 15.0 Å². The second-order valence-corrected chi connectivity index (χ2v) is 3.88. The van der Waals surface area contributed by atoms with Crippen molar-refractivity contribution >= 4 is 23.5 Å². The highest BCUT2D eigenvalue weighted by molar-refractivity contribution is 6.28. The number of halogens is 1. The van der Waals surface area contributed by atoms with Crippen LogP contribution in [0.4, 0.5) is 11.9 Å². The van der Waals surface area contributed by atoms with Gasteiger partial charge in [0, 0.05) is 20.1 Å². The Morgan fingerprint density at radius 1 is 1.47 bits per heavy atom. The molecule has 1 rings (SSSR count). The minimum Gasteiger partial charge on any atom is -0.357 e. The maximum absolute atomic E-state index is 8.81. The molecule has 17 heavy (non-hydrogen) atoms. The van der Waals surface area contributed by atoms with Gasteiger partial charge in [-0.15, -0.1) is 0 Å². The lowest BCUT2D eigenvalue weighted by molar-refractivity contribution is 0.669. The van der Waals surface area contributed by atoms with E-state index in [1.165, 1.54) is 0 Å². The maximum atomic E-state index is 8.81. The fourth-order valence-electron chi connectivity index (χ4n) is 1.32. The molecule has 7 heteroatoms. The zero-order valence-corrected chi connectivity index (χ0v) is 10.9. The normalized spacial score (nSPS) is 11.7. The van der Waals surface area contributed by atoms with Crippen molar-refractivity contribution in [2.24, 2.45) is 5.92 Å². The third kappa shape index (κ3) is 3.71. The van der Waals surface area contributed by atoms with Gasteiger partial charge in [-0.1, -0.05) is 0 Å². The largest absolute Gasteiger partial charge is 0.357 e. The topological polar surface area (TPSA) is 77.7 Å². The van der Waals surface area contributed by atoms with Crippen LogP contribution in [-0.4, -0.2) is 35.1 Å². The van der Waals surface area contributed by atoms with Crippen LogP contribution in [0.25, 0.3) is 0 Å². The Bertz CT molecular complexity index is 416. The summed E-state index contributed by atoms with van der Waals surface area (Å²) in [4.78, 5) is 14.1. The van der Waals surface area contributed by atoms with Gasteiger partial charge in [-0.3, -0.25) is 0 Å². The first-order valence-corrected chi connectivity index (χ1v) is 5.72. The first kappa shape index (κ1) is 13.5.